The van der Waals surface area contributed by atoms with E-state index >= 15 is 0 Å². The van der Waals surface area contributed by atoms with Gasteiger partial charge in [0.1, 0.15) is 0 Å². The Morgan fingerprint density at radius 2 is 1.45 bits per heavy atom. The topological polar surface area (TPSA) is 127 Å². The number of nitrogens with zero attached hydrogens (tertiary/aromatic N) is 1. The van der Waals surface area contributed by atoms with Crippen LogP contribution in [0.1, 0.15) is 23.6 Å². The van der Waals surface area contributed by atoms with E-state index in [9.17, 15) is 20.0 Å². The zero-order chi connectivity index (χ0) is 29.5. The maximum absolute atomic E-state index is 13.4. The van der Waals surface area contributed by atoms with Gasteiger partial charge in [-0.3, -0.25) is 14.9 Å². The van der Waals surface area contributed by atoms with Crippen LogP contribution in [0.5, 0.6) is 23.0 Å². The Morgan fingerprint density at radius 1 is 0.875 bits per heavy atom. The highest BCUT2D eigenvalue weighted by Gasteiger charge is 2.69. The molecule has 0 radical (unpaired) electrons. The molecule has 0 aliphatic carbocycles. The number of benzene rings is 3. The van der Waals surface area contributed by atoms with Crippen LogP contribution in [-0.4, -0.2) is 55.0 Å². The molecule has 0 spiro atoms. The Balaban J connectivity index is 2.43. The number of esters is 1. The summed E-state index contributed by atoms with van der Waals surface area (Å²) >= 11 is 5.58. The van der Waals surface area contributed by atoms with E-state index in [2.05, 4.69) is 0 Å². The Kier molecular flexibility index (Phi) is 9.54. The Bertz CT molecular complexity index is 1380. The summed E-state index contributed by atoms with van der Waals surface area (Å²) in [5.74, 6) is 0.0303. The molecule has 0 saturated carbocycles. The molecule has 40 heavy (non-hydrogen) atoms. The third-order valence-corrected chi connectivity index (χ3v) is 7.17. The summed E-state index contributed by atoms with van der Waals surface area (Å²) in [6.07, 6.45) is -0.560. The van der Waals surface area contributed by atoms with Crippen molar-refractivity contribution in [1.29, 1.82) is 0 Å². The predicted molar refractivity (Wildman–Crippen MR) is 151 cm³/mol. The van der Waals surface area contributed by atoms with Crippen LogP contribution in [-0.2, 0) is 32.7 Å². The van der Waals surface area contributed by atoms with Crippen LogP contribution in [0.4, 0.5) is 0 Å². The summed E-state index contributed by atoms with van der Waals surface area (Å²) < 4.78 is 27.5. The highest BCUT2D eigenvalue weighted by molar-refractivity contribution is 7.80. The van der Waals surface area contributed by atoms with E-state index in [-0.39, 0.29) is 24.3 Å². The van der Waals surface area contributed by atoms with Crippen LogP contribution in [0, 0.1) is 10.1 Å². The second kappa shape index (κ2) is 12.6. The molecule has 0 aliphatic heterocycles. The van der Waals surface area contributed by atoms with E-state index < -0.39 is 27.1 Å². The molecular formula is C29H31NO9S. The van der Waals surface area contributed by atoms with Crippen molar-refractivity contribution in [1.82, 2.24) is 0 Å². The molecule has 0 bridgehead atoms. The van der Waals surface area contributed by atoms with E-state index in [1.807, 2.05) is 0 Å². The van der Waals surface area contributed by atoms with Crippen molar-refractivity contribution < 1.29 is 38.5 Å². The van der Waals surface area contributed by atoms with Gasteiger partial charge in [-0.25, -0.2) is 0 Å². The van der Waals surface area contributed by atoms with Gasteiger partial charge in [-0.1, -0.05) is 42.5 Å². The van der Waals surface area contributed by atoms with Gasteiger partial charge in [-0.15, -0.1) is 0 Å². The van der Waals surface area contributed by atoms with Gasteiger partial charge in [0, 0.05) is 23.8 Å². The lowest BCUT2D eigenvalue weighted by molar-refractivity contribution is -0.575. The first kappa shape index (κ1) is 30.2. The highest BCUT2D eigenvalue weighted by Crippen LogP contribution is 2.47. The minimum atomic E-state index is -2.33. The fourth-order valence-corrected chi connectivity index (χ4v) is 5.17. The summed E-state index contributed by atoms with van der Waals surface area (Å²) in [6.45, 7) is 1.18. The smallest absolute Gasteiger partial charge is 0.335 e. The Labute approximate surface area is 237 Å². The number of carbonyl (C=O) groups excluding carboxylic acids is 1. The van der Waals surface area contributed by atoms with Crippen LogP contribution < -0.4 is 14.2 Å². The van der Waals surface area contributed by atoms with E-state index in [1.54, 1.807) is 48.5 Å². The SMILES string of the molecule is COC(=S)C(Cc1ccc(O)c(OC)c1)([N+](=O)[O-])C(Cc1ccc(OC)c(OC)c1)(OC(C)=O)c1ccccc1. The van der Waals surface area contributed by atoms with Gasteiger partial charge in [-0.05, 0) is 47.6 Å². The van der Waals surface area contributed by atoms with Crippen molar-refractivity contribution in [2.45, 2.75) is 30.9 Å². The fourth-order valence-electron chi connectivity index (χ4n) is 4.86. The van der Waals surface area contributed by atoms with Crippen molar-refractivity contribution in [3.8, 4) is 23.0 Å². The molecule has 2 atom stereocenters. The first-order chi connectivity index (χ1) is 19.1. The van der Waals surface area contributed by atoms with Gasteiger partial charge in [0.05, 0.1) is 34.9 Å². The second-order valence-corrected chi connectivity index (χ2v) is 9.32. The maximum Gasteiger partial charge on any atom is 0.335 e. The number of methoxy groups -OCH3 is 4. The number of phenolic OH excluding ortho intramolecular Hbond substituents is 1. The number of phenols is 1. The lowest BCUT2D eigenvalue weighted by Gasteiger charge is -2.43. The first-order valence-electron chi connectivity index (χ1n) is 12.1. The zero-order valence-electron chi connectivity index (χ0n) is 22.8. The molecule has 0 aromatic heterocycles. The standard InChI is InChI=1S/C29H31NO9S/c1-19(31)39-29(22-9-7-6-8-10-22,18-21-12-14-24(35-2)26(16-21)37-4)28(30(33)34,27(40)38-5)17-20-11-13-23(32)25(15-20)36-3/h6-16,32H,17-18H2,1-5H3. The molecule has 0 aliphatic rings. The number of thiocarbonyl (C=S) groups is 1. The number of aromatic hydroxyl groups is 1. The molecule has 2 unspecified atom stereocenters. The number of rotatable bonds is 12. The quantitative estimate of drug-likeness (QED) is 0.143. The lowest BCUT2D eigenvalue weighted by atomic mass is 9.68. The summed E-state index contributed by atoms with van der Waals surface area (Å²) in [7, 11) is 5.56. The fraction of sp³-hybridized carbons (Fsp3) is 0.310. The third-order valence-electron chi connectivity index (χ3n) is 6.67. The maximum atomic E-state index is 13.4. The van der Waals surface area contributed by atoms with Gasteiger partial charge in [0.15, 0.2) is 23.0 Å². The molecular weight excluding hydrogens is 538 g/mol. The minimum absolute atomic E-state index is 0.107. The van der Waals surface area contributed by atoms with Crippen molar-refractivity contribution in [2.75, 3.05) is 28.4 Å². The highest BCUT2D eigenvalue weighted by atomic mass is 32.1. The zero-order valence-corrected chi connectivity index (χ0v) is 23.7. The number of ether oxygens (including phenoxy) is 5. The molecule has 1 N–H and O–H groups in total. The third kappa shape index (κ3) is 5.64. The van der Waals surface area contributed by atoms with Crippen LogP contribution in [0.25, 0.3) is 0 Å². The molecule has 0 fully saturated rings. The molecule has 10 nitrogen and oxygen atoms in total. The van der Waals surface area contributed by atoms with Crippen molar-refractivity contribution in [3.05, 3.63) is 93.5 Å². The van der Waals surface area contributed by atoms with Crippen LogP contribution in [0.3, 0.4) is 0 Å². The Morgan fingerprint density at radius 3 is 2.00 bits per heavy atom. The molecule has 0 heterocycles. The lowest BCUT2D eigenvalue weighted by Crippen LogP contribution is -2.66. The molecule has 3 aromatic rings. The molecule has 3 aromatic carbocycles. The van der Waals surface area contributed by atoms with Crippen LogP contribution >= 0.6 is 12.2 Å². The number of nitro groups is 1. The van der Waals surface area contributed by atoms with Crippen molar-refractivity contribution >= 4 is 23.2 Å². The van der Waals surface area contributed by atoms with Gasteiger partial charge in [0.25, 0.3) is 0 Å². The normalized spacial score (nSPS) is 13.7. The largest absolute Gasteiger partial charge is 0.504 e. The molecule has 11 heteroatoms. The van der Waals surface area contributed by atoms with Crippen LogP contribution in [0.2, 0.25) is 0 Å². The van der Waals surface area contributed by atoms with E-state index in [0.717, 1.165) is 0 Å². The Hall–Kier alpha value is -4.38. The van der Waals surface area contributed by atoms with Crippen molar-refractivity contribution in [3.63, 3.8) is 0 Å². The summed E-state index contributed by atoms with van der Waals surface area (Å²) in [5, 5.41) is 23.1. The number of hydrogen-bond donors (Lipinski definition) is 1. The summed E-state index contributed by atoms with van der Waals surface area (Å²) in [4.78, 5) is 25.6. The van der Waals surface area contributed by atoms with Crippen molar-refractivity contribution in [2.24, 2.45) is 0 Å². The molecule has 212 valence electrons. The average Bonchev–Trinajstić information content (AvgIpc) is 2.95. The monoisotopic (exact) mass is 569 g/mol. The number of hydrogen-bond acceptors (Lipinski definition) is 10. The molecule has 3 rings (SSSR count). The van der Waals surface area contributed by atoms with E-state index in [1.165, 1.54) is 53.6 Å². The van der Waals surface area contributed by atoms with Gasteiger partial charge in [-0.2, -0.15) is 0 Å². The minimum Gasteiger partial charge on any atom is -0.504 e. The summed E-state index contributed by atoms with van der Waals surface area (Å²) in [6, 6.07) is 17.7. The van der Waals surface area contributed by atoms with Crippen LogP contribution in [0.15, 0.2) is 66.7 Å². The van der Waals surface area contributed by atoms with Gasteiger partial charge >= 0.3 is 11.5 Å². The number of carbonyl (C=O) groups is 1. The van der Waals surface area contributed by atoms with Gasteiger partial charge in [0.2, 0.25) is 10.7 Å². The molecule has 0 saturated heterocycles. The van der Waals surface area contributed by atoms with Gasteiger partial charge < -0.3 is 28.8 Å². The average molecular weight is 570 g/mol. The first-order valence-corrected chi connectivity index (χ1v) is 12.5. The summed E-state index contributed by atoms with van der Waals surface area (Å²) in [5.41, 5.74) is -3.11. The predicted octanol–water partition coefficient (Wildman–Crippen LogP) is 4.65. The van der Waals surface area contributed by atoms with E-state index in [4.69, 9.17) is 35.9 Å². The van der Waals surface area contributed by atoms with E-state index in [0.29, 0.717) is 28.2 Å². The second-order valence-electron chi connectivity index (χ2n) is 8.94. The molecule has 0 amide bonds.